The normalized spacial score (nSPS) is 15.4. The van der Waals surface area contributed by atoms with E-state index >= 15 is 0 Å². The van der Waals surface area contributed by atoms with E-state index in [9.17, 15) is 14.7 Å². The molecule has 0 radical (unpaired) electrons. The van der Waals surface area contributed by atoms with E-state index in [-0.39, 0.29) is 30.2 Å². The molecule has 0 bridgehead atoms. The number of aliphatic hydroxyl groups is 1. The molecule has 1 aliphatic rings. The maximum absolute atomic E-state index is 13.1. The van der Waals surface area contributed by atoms with Crippen molar-refractivity contribution < 1.29 is 9.90 Å². The number of hydrogen-bond acceptors (Lipinski definition) is 7. The molecular weight excluding hydrogens is 432 g/mol. The molecule has 7 nitrogen and oxygen atoms in total. The van der Waals surface area contributed by atoms with E-state index in [1.807, 2.05) is 0 Å². The summed E-state index contributed by atoms with van der Waals surface area (Å²) in [5.74, 6) is 0.167. The third-order valence-electron chi connectivity index (χ3n) is 5.06. The van der Waals surface area contributed by atoms with Crippen molar-refractivity contribution in [3.63, 3.8) is 0 Å². The van der Waals surface area contributed by atoms with Gasteiger partial charge in [0.05, 0.1) is 17.1 Å². The molecule has 1 aliphatic heterocycles. The predicted octanol–water partition coefficient (Wildman–Crippen LogP) is 3.66. The van der Waals surface area contributed by atoms with Gasteiger partial charge >= 0.3 is 0 Å². The molecule has 0 atom stereocenters. The molecule has 3 heterocycles. The first-order valence-corrected chi connectivity index (χ1v) is 11.9. The summed E-state index contributed by atoms with van der Waals surface area (Å²) in [6.45, 7) is 2.93. The van der Waals surface area contributed by atoms with Gasteiger partial charge in [-0.25, -0.2) is 4.98 Å². The topological polar surface area (TPSA) is 86.9 Å². The van der Waals surface area contributed by atoms with Crippen LogP contribution in [0.5, 0.6) is 0 Å². The molecule has 1 fully saturated rings. The fraction of sp³-hybridized carbons (Fsp3) is 0.455. The van der Waals surface area contributed by atoms with Crippen molar-refractivity contribution in [2.75, 3.05) is 25.0 Å². The third-order valence-corrected chi connectivity index (χ3v) is 6.44. The lowest BCUT2D eigenvalue weighted by Gasteiger charge is -2.14. The number of nitrogens with zero attached hydrogens (tertiary/aromatic N) is 3. The van der Waals surface area contributed by atoms with Crippen molar-refractivity contribution in [3.05, 3.63) is 45.2 Å². The van der Waals surface area contributed by atoms with Gasteiger partial charge in [-0.3, -0.25) is 18.9 Å². The Morgan fingerprint density at radius 1 is 1.19 bits per heavy atom. The molecule has 0 aromatic carbocycles. The molecule has 0 aliphatic carbocycles. The number of hydrogen-bond donors (Lipinski definition) is 2. The summed E-state index contributed by atoms with van der Waals surface area (Å²) in [4.78, 5) is 32.6. The number of anilines is 1. The average molecular weight is 461 g/mol. The monoisotopic (exact) mass is 460 g/mol. The lowest BCUT2D eigenvalue weighted by molar-refractivity contribution is -0.122. The smallest absolute Gasteiger partial charge is 0.267 e. The van der Waals surface area contributed by atoms with Gasteiger partial charge in [0, 0.05) is 19.3 Å². The van der Waals surface area contributed by atoms with Gasteiger partial charge in [0.15, 0.2) is 0 Å². The number of aliphatic hydroxyl groups excluding tert-OH is 1. The van der Waals surface area contributed by atoms with E-state index < -0.39 is 0 Å². The molecule has 1 amide bonds. The highest BCUT2D eigenvalue weighted by atomic mass is 32.2. The Labute approximate surface area is 191 Å². The van der Waals surface area contributed by atoms with Crippen LogP contribution in [0, 0.1) is 0 Å². The fourth-order valence-corrected chi connectivity index (χ4v) is 4.71. The van der Waals surface area contributed by atoms with Crippen LogP contribution in [-0.4, -0.2) is 49.3 Å². The van der Waals surface area contributed by atoms with Gasteiger partial charge in [-0.05, 0) is 24.6 Å². The number of pyridine rings is 1. The number of fused-ring (bicyclic) bond motifs is 1. The van der Waals surface area contributed by atoms with Crippen LogP contribution in [0.2, 0.25) is 0 Å². The molecule has 2 aromatic heterocycles. The van der Waals surface area contributed by atoms with E-state index in [0.717, 1.165) is 19.3 Å². The zero-order chi connectivity index (χ0) is 22.2. The number of carbonyl (C=O) groups excluding carboxylic acids is 1. The predicted molar refractivity (Wildman–Crippen MR) is 130 cm³/mol. The van der Waals surface area contributed by atoms with Crippen LogP contribution in [0.3, 0.4) is 0 Å². The SMILES string of the molecule is CCCCCCCCN1C(=O)/C(=C/c2c(NCCO)nc3ccccn3c2=O)SC1=S. The number of unbranched alkanes of at least 4 members (excludes halogenated alkanes) is 5. The molecule has 166 valence electrons. The highest BCUT2D eigenvalue weighted by Gasteiger charge is 2.32. The van der Waals surface area contributed by atoms with Crippen molar-refractivity contribution in [1.82, 2.24) is 14.3 Å². The molecule has 2 N–H and O–H groups in total. The van der Waals surface area contributed by atoms with Gasteiger partial charge in [0.25, 0.3) is 11.5 Å². The summed E-state index contributed by atoms with van der Waals surface area (Å²) in [5, 5.41) is 12.2. The molecule has 2 aromatic rings. The minimum absolute atomic E-state index is 0.102. The second-order valence-electron chi connectivity index (χ2n) is 7.36. The summed E-state index contributed by atoms with van der Waals surface area (Å²) >= 11 is 6.63. The molecule has 0 saturated carbocycles. The van der Waals surface area contributed by atoms with Crippen LogP contribution in [0.1, 0.15) is 51.0 Å². The molecule has 1 saturated heterocycles. The highest BCUT2D eigenvalue weighted by molar-refractivity contribution is 8.26. The van der Waals surface area contributed by atoms with Crippen LogP contribution < -0.4 is 10.9 Å². The Bertz CT molecular complexity index is 1040. The van der Waals surface area contributed by atoms with Crippen molar-refractivity contribution >= 4 is 51.7 Å². The third kappa shape index (κ3) is 5.72. The van der Waals surface area contributed by atoms with E-state index in [1.165, 1.54) is 35.4 Å². The first-order valence-electron chi connectivity index (χ1n) is 10.7. The van der Waals surface area contributed by atoms with Crippen molar-refractivity contribution in [2.45, 2.75) is 45.4 Å². The summed E-state index contributed by atoms with van der Waals surface area (Å²) in [6.07, 6.45) is 10.0. The Hall–Kier alpha value is -2.23. The second-order valence-corrected chi connectivity index (χ2v) is 9.04. The van der Waals surface area contributed by atoms with E-state index in [2.05, 4.69) is 17.2 Å². The maximum atomic E-state index is 13.1. The number of aromatic nitrogens is 2. The largest absolute Gasteiger partial charge is 0.395 e. The van der Waals surface area contributed by atoms with E-state index in [1.54, 1.807) is 35.4 Å². The quantitative estimate of drug-likeness (QED) is 0.301. The van der Waals surface area contributed by atoms with Crippen molar-refractivity contribution in [3.8, 4) is 0 Å². The number of rotatable bonds is 11. The van der Waals surface area contributed by atoms with Crippen LogP contribution >= 0.6 is 24.0 Å². The Morgan fingerprint density at radius 2 is 1.97 bits per heavy atom. The van der Waals surface area contributed by atoms with Crippen LogP contribution in [0.4, 0.5) is 5.82 Å². The molecule has 0 unspecified atom stereocenters. The summed E-state index contributed by atoms with van der Waals surface area (Å²) in [5.41, 5.74) is 0.477. The van der Waals surface area contributed by atoms with Gasteiger partial charge in [-0.15, -0.1) is 0 Å². The summed E-state index contributed by atoms with van der Waals surface area (Å²) in [6, 6.07) is 5.28. The van der Waals surface area contributed by atoms with E-state index in [0.29, 0.717) is 27.2 Å². The Balaban J connectivity index is 1.82. The first-order chi connectivity index (χ1) is 15.1. The van der Waals surface area contributed by atoms with Gasteiger partial charge in [0.1, 0.15) is 15.8 Å². The van der Waals surface area contributed by atoms with Gasteiger partial charge in [-0.2, -0.15) is 0 Å². The van der Waals surface area contributed by atoms with Gasteiger partial charge < -0.3 is 10.4 Å². The zero-order valence-electron chi connectivity index (χ0n) is 17.7. The number of amides is 1. The van der Waals surface area contributed by atoms with E-state index in [4.69, 9.17) is 12.2 Å². The molecule has 0 spiro atoms. The second kappa shape index (κ2) is 11.4. The lowest BCUT2D eigenvalue weighted by Crippen LogP contribution is -2.29. The average Bonchev–Trinajstić information content (AvgIpc) is 3.04. The van der Waals surface area contributed by atoms with Crippen LogP contribution in [0.15, 0.2) is 34.1 Å². The molecule has 3 rings (SSSR count). The minimum Gasteiger partial charge on any atom is -0.395 e. The number of thiocarbonyl (C=S) groups is 1. The fourth-order valence-electron chi connectivity index (χ4n) is 3.42. The summed E-state index contributed by atoms with van der Waals surface area (Å²) in [7, 11) is 0. The molecule has 31 heavy (non-hydrogen) atoms. The first kappa shape index (κ1) is 23.4. The maximum Gasteiger partial charge on any atom is 0.267 e. The van der Waals surface area contributed by atoms with Gasteiger partial charge in [-0.1, -0.05) is 69.1 Å². The minimum atomic E-state index is -0.285. The van der Waals surface area contributed by atoms with Gasteiger partial charge in [0.2, 0.25) is 0 Å². The van der Waals surface area contributed by atoms with Crippen molar-refractivity contribution in [2.24, 2.45) is 0 Å². The standard InChI is InChI=1S/C22H28N4O3S2/c1-2-3-4-5-6-8-13-26-21(29)17(31-22(26)30)15-16-19(23-11-14-27)24-18-10-7-9-12-25(18)20(16)28/h7,9-10,12,15,23,27H,2-6,8,11,13-14H2,1H3/b17-15-. The number of thioether (sulfide) groups is 1. The number of nitrogens with one attached hydrogen (secondary N) is 1. The summed E-state index contributed by atoms with van der Waals surface area (Å²) < 4.78 is 1.95. The number of carbonyl (C=O) groups is 1. The Kier molecular flexibility index (Phi) is 8.62. The van der Waals surface area contributed by atoms with Crippen molar-refractivity contribution in [1.29, 1.82) is 0 Å². The molecular formula is C22H28N4O3S2. The van der Waals surface area contributed by atoms with Crippen LogP contribution in [0.25, 0.3) is 11.7 Å². The lowest BCUT2D eigenvalue weighted by atomic mass is 10.1. The Morgan fingerprint density at radius 3 is 2.74 bits per heavy atom. The zero-order valence-corrected chi connectivity index (χ0v) is 19.3. The molecule has 9 heteroatoms. The van der Waals surface area contributed by atoms with Crippen LogP contribution in [-0.2, 0) is 4.79 Å². The highest BCUT2D eigenvalue weighted by Crippen LogP contribution is 2.33.